The number of rotatable bonds is 7. The van der Waals surface area contributed by atoms with Crippen molar-refractivity contribution in [1.82, 2.24) is 4.72 Å². The van der Waals surface area contributed by atoms with Gasteiger partial charge in [-0.25, -0.2) is 13.1 Å². The van der Waals surface area contributed by atoms with Crippen LogP contribution in [0.2, 0.25) is 0 Å². The van der Waals surface area contributed by atoms with Crippen molar-refractivity contribution in [2.75, 3.05) is 6.54 Å². The number of aryl methyl sites for hydroxylation is 1. The molecule has 1 N–H and O–H groups in total. The molecule has 1 atom stereocenters. The first-order valence-corrected chi connectivity index (χ1v) is 8.33. The van der Waals surface area contributed by atoms with E-state index in [1.807, 2.05) is 32.1 Å². The van der Waals surface area contributed by atoms with Crippen molar-refractivity contribution in [2.24, 2.45) is 5.92 Å². The Balaban J connectivity index is 2.57. The van der Waals surface area contributed by atoms with Gasteiger partial charge in [-0.3, -0.25) is 0 Å². The molecule has 1 rings (SSSR count). The summed E-state index contributed by atoms with van der Waals surface area (Å²) in [6, 6.07) is 6.85. The molecule has 0 amide bonds. The first kappa shape index (κ1) is 16.7. The molecule has 3 nitrogen and oxygen atoms in total. The van der Waals surface area contributed by atoms with E-state index in [4.69, 9.17) is 0 Å². The van der Waals surface area contributed by atoms with Gasteiger partial charge >= 0.3 is 0 Å². The molecule has 0 fully saturated rings. The lowest BCUT2D eigenvalue weighted by Gasteiger charge is -2.09. The molecule has 0 spiro atoms. The molecule has 0 heterocycles. The number of allylic oxidation sites excluding steroid dienone is 3. The lowest BCUT2D eigenvalue weighted by Crippen LogP contribution is -2.27. The van der Waals surface area contributed by atoms with Crippen LogP contribution in [-0.4, -0.2) is 15.0 Å². The molecule has 110 valence electrons. The summed E-state index contributed by atoms with van der Waals surface area (Å²) in [5.41, 5.74) is 1.04. The highest BCUT2D eigenvalue weighted by Gasteiger charge is 2.13. The Kier molecular flexibility index (Phi) is 6.68. The second-order valence-electron chi connectivity index (χ2n) is 4.86. The van der Waals surface area contributed by atoms with Gasteiger partial charge in [-0.2, -0.15) is 0 Å². The molecule has 1 aromatic rings. The molecule has 0 radical (unpaired) electrons. The fraction of sp³-hybridized carbons (Fsp3) is 0.375. The molecule has 0 aliphatic rings. The summed E-state index contributed by atoms with van der Waals surface area (Å²) < 4.78 is 26.8. The molecule has 0 bridgehead atoms. The summed E-state index contributed by atoms with van der Waals surface area (Å²) in [7, 11) is -3.41. The Bertz CT molecular complexity index is 557. The Hall–Kier alpha value is -1.39. The SMILES string of the molecule is CC/C=C\C=C/C(C)CNS(=O)(=O)c1ccc(C)cc1. The van der Waals surface area contributed by atoms with Gasteiger partial charge in [-0.1, -0.05) is 55.8 Å². The van der Waals surface area contributed by atoms with Crippen molar-refractivity contribution in [3.8, 4) is 0 Å². The average molecular weight is 293 g/mol. The van der Waals surface area contributed by atoms with E-state index in [9.17, 15) is 8.42 Å². The average Bonchev–Trinajstić information content (AvgIpc) is 2.42. The molecule has 0 aromatic heterocycles. The maximum atomic E-state index is 12.1. The molecular formula is C16H23NO2S. The summed E-state index contributed by atoms with van der Waals surface area (Å²) in [6.07, 6.45) is 8.97. The Labute approximate surface area is 122 Å². The molecular weight excluding hydrogens is 270 g/mol. The van der Waals surface area contributed by atoms with Crippen molar-refractivity contribution in [3.63, 3.8) is 0 Å². The van der Waals surface area contributed by atoms with Gasteiger partial charge in [0.2, 0.25) is 10.0 Å². The zero-order valence-corrected chi connectivity index (χ0v) is 13.2. The first-order chi connectivity index (χ1) is 9.45. The van der Waals surface area contributed by atoms with E-state index in [2.05, 4.69) is 17.7 Å². The second-order valence-corrected chi connectivity index (χ2v) is 6.63. The molecule has 0 saturated heterocycles. The third-order valence-corrected chi connectivity index (χ3v) is 4.29. The summed E-state index contributed by atoms with van der Waals surface area (Å²) >= 11 is 0. The fourth-order valence-corrected chi connectivity index (χ4v) is 2.72. The fourth-order valence-electron chi connectivity index (χ4n) is 1.58. The predicted octanol–water partition coefficient (Wildman–Crippen LogP) is 3.43. The molecule has 0 aliphatic heterocycles. The maximum Gasteiger partial charge on any atom is 0.240 e. The Morgan fingerprint density at radius 2 is 1.85 bits per heavy atom. The van der Waals surface area contributed by atoms with Crippen LogP contribution in [0.1, 0.15) is 25.8 Å². The molecule has 4 heteroatoms. The number of nitrogens with one attached hydrogen (secondary N) is 1. The van der Waals surface area contributed by atoms with Gasteiger partial charge in [0.1, 0.15) is 0 Å². The van der Waals surface area contributed by atoms with Crippen LogP contribution in [0.4, 0.5) is 0 Å². The van der Waals surface area contributed by atoms with E-state index < -0.39 is 10.0 Å². The van der Waals surface area contributed by atoms with Gasteiger partial charge in [-0.15, -0.1) is 0 Å². The van der Waals surface area contributed by atoms with Crippen molar-refractivity contribution in [2.45, 2.75) is 32.1 Å². The van der Waals surface area contributed by atoms with Crippen LogP contribution in [0.3, 0.4) is 0 Å². The van der Waals surface area contributed by atoms with Gasteiger partial charge in [0.05, 0.1) is 4.90 Å². The number of hydrogen-bond acceptors (Lipinski definition) is 2. The topological polar surface area (TPSA) is 46.2 Å². The Morgan fingerprint density at radius 1 is 1.20 bits per heavy atom. The maximum absolute atomic E-state index is 12.1. The van der Waals surface area contributed by atoms with E-state index in [0.29, 0.717) is 11.4 Å². The summed E-state index contributed by atoms with van der Waals surface area (Å²) in [4.78, 5) is 0.310. The standard InChI is InChI=1S/C16H23NO2S/c1-4-5-6-7-8-15(3)13-17-20(18,19)16-11-9-14(2)10-12-16/h5-12,15,17H,4,13H2,1-3H3/b6-5-,8-7-. The van der Waals surface area contributed by atoms with Gasteiger partial charge < -0.3 is 0 Å². The number of sulfonamides is 1. The lowest BCUT2D eigenvalue weighted by atomic mass is 10.1. The predicted molar refractivity (Wildman–Crippen MR) is 84.1 cm³/mol. The van der Waals surface area contributed by atoms with Crippen LogP contribution in [-0.2, 0) is 10.0 Å². The normalized spacial score (nSPS) is 14.2. The lowest BCUT2D eigenvalue weighted by molar-refractivity contribution is 0.571. The molecule has 0 saturated carbocycles. The number of benzene rings is 1. The quantitative estimate of drug-likeness (QED) is 0.783. The summed E-state index contributed by atoms with van der Waals surface area (Å²) in [5.74, 6) is 0.150. The van der Waals surface area contributed by atoms with Crippen molar-refractivity contribution < 1.29 is 8.42 Å². The van der Waals surface area contributed by atoms with Crippen LogP contribution < -0.4 is 4.72 Å². The van der Waals surface area contributed by atoms with E-state index in [1.165, 1.54) is 0 Å². The number of hydrogen-bond donors (Lipinski definition) is 1. The zero-order chi connectivity index (χ0) is 15.0. The van der Waals surface area contributed by atoms with Crippen LogP contribution in [0.5, 0.6) is 0 Å². The van der Waals surface area contributed by atoms with E-state index >= 15 is 0 Å². The van der Waals surface area contributed by atoms with Gasteiger partial charge in [0, 0.05) is 6.54 Å². The van der Waals surface area contributed by atoms with Crippen LogP contribution in [0.15, 0.2) is 53.5 Å². The highest BCUT2D eigenvalue weighted by atomic mass is 32.2. The summed E-state index contributed by atoms with van der Waals surface area (Å²) in [5, 5.41) is 0. The molecule has 0 aliphatic carbocycles. The minimum absolute atomic E-state index is 0.150. The third kappa shape index (κ3) is 5.72. The van der Waals surface area contributed by atoms with E-state index in [-0.39, 0.29) is 5.92 Å². The first-order valence-electron chi connectivity index (χ1n) is 6.85. The minimum Gasteiger partial charge on any atom is -0.211 e. The van der Waals surface area contributed by atoms with Crippen molar-refractivity contribution >= 4 is 10.0 Å². The molecule has 20 heavy (non-hydrogen) atoms. The van der Waals surface area contributed by atoms with Crippen molar-refractivity contribution in [3.05, 3.63) is 54.1 Å². The van der Waals surface area contributed by atoms with Crippen LogP contribution in [0.25, 0.3) is 0 Å². The van der Waals surface area contributed by atoms with Gasteiger partial charge in [0.25, 0.3) is 0 Å². The van der Waals surface area contributed by atoms with Gasteiger partial charge in [-0.05, 0) is 31.4 Å². The summed E-state index contributed by atoms with van der Waals surface area (Å²) in [6.45, 7) is 6.38. The third-order valence-electron chi connectivity index (χ3n) is 2.85. The zero-order valence-electron chi connectivity index (χ0n) is 12.3. The van der Waals surface area contributed by atoms with Crippen LogP contribution >= 0.6 is 0 Å². The van der Waals surface area contributed by atoms with E-state index in [0.717, 1.165) is 12.0 Å². The Morgan fingerprint density at radius 3 is 2.45 bits per heavy atom. The monoisotopic (exact) mass is 293 g/mol. The van der Waals surface area contributed by atoms with Crippen molar-refractivity contribution in [1.29, 1.82) is 0 Å². The minimum atomic E-state index is -3.41. The van der Waals surface area contributed by atoms with Gasteiger partial charge in [0.15, 0.2) is 0 Å². The van der Waals surface area contributed by atoms with Crippen LogP contribution in [0, 0.1) is 12.8 Å². The molecule has 1 aromatic carbocycles. The van der Waals surface area contributed by atoms with E-state index in [1.54, 1.807) is 24.3 Å². The second kappa shape index (κ2) is 8.02. The molecule has 1 unspecified atom stereocenters. The highest BCUT2D eigenvalue weighted by Crippen LogP contribution is 2.10. The largest absolute Gasteiger partial charge is 0.240 e. The smallest absolute Gasteiger partial charge is 0.211 e. The highest BCUT2D eigenvalue weighted by molar-refractivity contribution is 7.89.